The molecule has 1 aromatic carbocycles. The Morgan fingerprint density at radius 2 is 1.92 bits per heavy atom. The van der Waals surface area contributed by atoms with Crippen LogP contribution in [0.4, 0.5) is 5.69 Å². The molecule has 1 saturated carbocycles. The van der Waals surface area contributed by atoms with E-state index < -0.39 is 0 Å². The third-order valence-electron chi connectivity index (χ3n) is 4.59. The second-order valence-corrected chi connectivity index (χ2v) is 6.49. The molecule has 24 heavy (non-hydrogen) atoms. The molecule has 0 aliphatic heterocycles. The molecule has 1 aliphatic rings. The second kappa shape index (κ2) is 9.91. The van der Waals surface area contributed by atoms with E-state index in [0.717, 1.165) is 18.8 Å². The van der Waals surface area contributed by atoms with Gasteiger partial charge in [-0.25, -0.2) is 0 Å². The van der Waals surface area contributed by atoms with Crippen LogP contribution in [0, 0.1) is 5.92 Å². The predicted octanol–water partition coefficient (Wildman–Crippen LogP) is 4.29. The van der Waals surface area contributed by atoms with Crippen LogP contribution < -0.4 is 10.6 Å². The van der Waals surface area contributed by atoms with E-state index in [1.807, 2.05) is 6.07 Å². The summed E-state index contributed by atoms with van der Waals surface area (Å²) in [5.41, 5.74) is 1.06. The molecule has 0 aromatic heterocycles. The van der Waals surface area contributed by atoms with Crippen LogP contribution in [0.25, 0.3) is 0 Å². The van der Waals surface area contributed by atoms with Gasteiger partial charge in [-0.15, -0.1) is 6.58 Å². The van der Waals surface area contributed by atoms with Crippen LogP contribution >= 0.6 is 0 Å². The van der Waals surface area contributed by atoms with E-state index in [-0.39, 0.29) is 11.8 Å². The third kappa shape index (κ3) is 5.84. The highest BCUT2D eigenvalue weighted by molar-refractivity contribution is 6.03. The van der Waals surface area contributed by atoms with Gasteiger partial charge in [0.2, 0.25) is 5.91 Å². The molecule has 0 saturated heterocycles. The highest BCUT2D eigenvalue weighted by Crippen LogP contribution is 2.27. The number of anilines is 1. The number of benzene rings is 1. The summed E-state index contributed by atoms with van der Waals surface area (Å²) in [6.45, 7) is 3.99. The lowest BCUT2D eigenvalue weighted by atomic mass is 9.86. The van der Waals surface area contributed by atoms with Gasteiger partial charge in [-0.1, -0.05) is 50.3 Å². The Bertz CT molecular complexity index is 563. The molecular formula is C20H28N2O2. The lowest BCUT2D eigenvalue weighted by molar-refractivity contribution is -0.116. The summed E-state index contributed by atoms with van der Waals surface area (Å²) in [6, 6.07) is 7.10. The Hall–Kier alpha value is -2.10. The smallest absolute Gasteiger partial charge is 0.253 e. The summed E-state index contributed by atoms with van der Waals surface area (Å²) in [6.07, 6.45) is 10.9. The maximum absolute atomic E-state index is 12.2. The van der Waals surface area contributed by atoms with Crippen LogP contribution in [0.5, 0.6) is 0 Å². The maximum Gasteiger partial charge on any atom is 0.253 e. The van der Waals surface area contributed by atoms with E-state index in [2.05, 4.69) is 17.2 Å². The largest absolute Gasteiger partial charge is 0.349 e. The molecule has 0 unspecified atom stereocenters. The summed E-state index contributed by atoms with van der Waals surface area (Å²) < 4.78 is 0. The zero-order valence-electron chi connectivity index (χ0n) is 14.4. The van der Waals surface area contributed by atoms with E-state index in [9.17, 15) is 9.59 Å². The first kappa shape index (κ1) is 18.2. The molecule has 4 nitrogen and oxygen atoms in total. The van der Waals surface area contributed by atoms with E-state index >= 15 is 0 Å². The monoisotopic (exact) mass is 328 g/mol. The molecule has 1 aliphatic carbocycles. The Balaban J connectivity index is 1.82. The number of amides is 2. The summed E-state index contributed by atoms with van der Waals surface area (Å²) in [4.78, 5) is 24.3. The molecule has 130 valence electrons. The van der Waals surface area contributed by atoms with Crippen molar-refractivity contribution in [3.8, 4) is 0 Å². The first-order valence-electron chi connectivity index (χ1n) is 8.98. The number of nitrogens with one attached hydrogen (secondary N) is 2. The molecule has 0 radical (unpaired) electrons. The fourth-order valence-electron chi connectivity index (χ4n) is 3.29. The van der Waals surface area contributed by atoms with Gasteiger partial charge in [-0.05, 0) is 30.9 Å². The van der Waals surface area contributed by atoms with Crippen LogP contribution in [0.15, 0.2) is 36.9 Å². The lowest BCUT2D eigenvalue weighted by Crippen LogP contribution is -2.25. The average molecular weight is 328 g/mol. The zero-order valence-corrected chi connectivity index (χ0v) is 14.4. The van der Waals surface area contributed by atoms with Gasteiger partial charge in [0.05, 0.1) is 11.3 Å². The minimum absolute atomic E-state index is 0.0187. The molecule has 0 bridgehead atoms. The normalized spacial score (nSPS) is 14.8. The third-order valence-corrected chi connectivity index (χ3v) is 4.59. The topological polar surface area (TPSA) is 58.2 Å². The van der Waals surface area contributed by atoms with Gasteiger partial charge >= 0.3 is 0 Å². The van der Waals surface area contributed by atoms with Crippen molar-refractivity contribution in [3.63, 3.8) is 0 Å². The summed E-state index contributed by atoms with van der Waals surface area (Å²) >= 11 is 0. The SMILES string of the molecule is C=CCNC(=O)c1ccccc1NC(=O)CCCC1CCCCC1. The molecular weight excluding hydrogens is 300 g/mol. The van der Waals surface area contributed by atoms with Crippen molar-refractivity contribution in [1.29, 1.82) is 0 Å². The Morgan fingerprint density at radius 3 is 2.67 bits per heavy atom. The van der Waals surface area contributed by atoms with Gasteiger partial charge in [0.1, 0.15) is 0 Å². The lowest BCUT2D eigenvalue weighted by Gasteiger charge is -2.21. The summed E-state index contributed by atoms with van der Waals surface area (Å²) in [5, 5.41) is 5.62. The number of carbonyl (C=O) groups excluding carboxylic acids is 2. The van der Waals surface area contributed by atoms with E-state index in [1.165, 1.54) is 32.1 Å². The van der Waals surface area contributed by atoms with Crippen molar-refractivity contribution in [2.24, 2.45) is 5.92 Å². The predicted molar refractivity (Wildman–Crippen MR) is 98.0 cm³/mol. The van der Waals surface area contributed by atoms with Crippen molar-refractivity contribution in [3.05, 3.63) is 42.5 Å². The minimum atomic E-state index is -0.201. The van der Waals surface area contributed by atoms with Crippen LogP contribution in [-0.4, -0.2) is 18.4 Å². The van der Waals surface area contributed by atoms with Gasteiger partial charge in [0.25, 0.3) is 5.91 Å². The maximum atomic E-state index is 12.2. The van der Waals surface area contributed by atoms with Gasteiger partial charge in [-0.2, -0.15) is 0 Å². The molecule has 2 N–H and O–H groups in total. The fraction of sp³-hybridized carbons (Fsp3) is 0.500. The molecule has 0 heterocycles. The second-order valence-electron chi connectivity index (χ2n) is 6.49. The van der Waals surface area contributed by atoms with Crippen molar-refractivity contribution >= 4 is 17.5 Å². The van der Waals surface area contributed by atoms with Crippen LogP contribution in [-0.2, 0) is 4.79 Å². The molecule has 1 fully saturated rings. The first-order chi connectivity index (χ1) is 11.7. The molecule has 1 aromatic rings. The van der Waals surface area contributed by atoms with Crippen molar-refractivity contribution in [2.75, 3.05) is 11.9 Å². The Labute approximate surface area is 144 Å². The standard InChI is InChI=1S/C20H28N2O2/c1-2-15-21-20(24)17-12-6-7-13-18(17)22-19(23)14-8-11-16-9-4-3-5-10-16/h2,6-7,12-13,16H,1,3-5,8-11,14-15H2,(H,21,24)(H,22,23). The van der Waals surface area contributed by atoms with Gasteiger partial charge in [0.15, 0.2) is 0 Å². The minimum Gasteiger partial charge on any atom is -0.349 e. The number of para-hydroxylation sites is 1. The van der Waals surface area contributed by atoms with Crippen LogP contribution in [0.3, 0.4) is 0 Å². The molecule has 2 rings (SSSR count). The molecule has 4 heteroatoms. The van der Waals surface area contributed by atoms with E-state index in [0.29, 0.717) is 24.2 Å². The Kier molecular flexibility index (Phi) is 7.53. The molecule has 0 spiro atoms. The Morgan fingerprint density at radius 1 is 1.17 bits per heavy atom. The highest BCUT2D eigenvalue weighted by Gasteiger charge is 2.15. The first-order valence-corrected chi connectivity index (χ1v) is 8.98. The number of carbonyl (C=O) groups is 2. The van der Waals surface area contributed by atoms with Crippen molar-refractivity contribution in [2.45, 2.75) is 51.4 Å². The highest BCUT2D eigenvalue weighted by atomic mass is 16.2. The number of hydrogen-bond acceptors (Lipinski definition) is 2. The van der Waals surface area contributed by atoms with Gasteiger partial charge in [0, 0.05) is 13.0 Å². The van der Waals surface area contributed by atoms with Gasteiger partial charge in [-0.3, -0.25) is 9.59 Å². The fourth-order valence-corrected chi connectivity index (χ4v) is 3.29. The van der Waals surface area contributed by atoms with E-state index in [4.69, 9.17) is 0 Å². The van der Waals surface area contributed by atoms with Gasteiger partial charge < -0.3 is 10.6 Å². The number of hydrogen-bond donors (Lipinski definition) is 2. The van der Waals surface area contributed by atoms with Crippen LogP contribution in [0.2, 0.25) is 0 Å². The molecule has 0 atom stereocenters. The van der Waals surface area contributed by atoms with E-state index in [1.54, 1.807) is 24.3 Å². The summed E-state index contributed by atoms with van der Waals surface area (Å²) in [5.74, 6) is 0.575. The zero-order chi connectivity index (χ0) is 17.2. The average Bonchev–Trinajstić information content (AvgIpc) is 2.61. The quantitative estimate of drug-likeness (QED) is 0.699. The summed E-state index contributed by atoms with van der Waals surface area (Å²) in [7, 11) is 0. The number of rotatable bonds is 8. The molecule has 2 amide bonds. The van der Waals surface area contributed by atoms with Crippen molar-refractivity contribution in [1.82, 2.24) is 5.32 Å². The van der Waals surface area contributed by atoms with Crippen LogP contribution in [0.1, 0.15) is 61.7 Å². The van der Waals surface area contributed by atoms with Crippen molar-refractivity contribution < 1.29 is 9.59 Å².